The molecule has 8 nitrogen and oxygen atoms in total. The highest BCUT2D eigenvalue weighted by Gasteiger charge is 2.36. The van der Waals surface area contributed by atoms with Crippen LogP contribution in [0.15, 0.2) is 12.1 Å². The van der Waals surface area contributed by atoms with Crippen LogP contribution in [0.1, 0.15) is 15.9 Å². The number of hydrogen-bond acceptors (Lipinski definition) is 7. The van der Waals surface area contributed by atoms with Crippen molar-refractivity contribution < 1.29 is 29.1 Å². The van der Waals surface area contributed by atoms with Crippen LogP contribution in [0.3, 0.4) is 0 Å². The largest absolute Gasteiger partial charge is 0.535 e. The lowest BCUT2D eigenvalue weighted by molar-refractivity contribution is -0.140. The van der Waals surface area contributed by atoms with Crippen molar-refractivity contribution in [1.29, 1.82) is 0 Å². The average Bonchev–Trinajstić information content (AvgIpc) is 2.55. The molecule has 1 atom stereocenters. The number of rotatable bonds is 5. The molecule has 1 fully saturated rings. The molecular weight excluding hydrogens is 347 g/mol. The van der Waals surface area contributed by atoms with Gasteiger partial charge in [-0.1, -0.05) is 6.07 Å². The maximum Gasteiger partial charge on any atom is 0.522 e. The van der Waals surface area contributed by atoms with Crippen LogP contribution in [-0.2, 0) is 11.2 Å². The van der Waals surface area contributed by atoms with Gasteiger partial charge in [0, 0.05) is 5.75 Å². The van der Waals surface area contributed by atoms with Crippen molar-refractivity contribution in [3.8, 4) is 11.5 Å². The van der Waals surface area contributed by atoms with Crippen LogP contribution in [-0.4, -0.2) is 65.0 Å². The number of carboxylic acid groups (broad SMARTS) is 1. The molecule has 2 heterocycles. The molecule has 0 unspecified atom stereocenters. The van der Waals surface area contributed by atoms with Gasteiger partial charge in [0.05, 0.1) is 19.1 Å². The number of carbonyl (C=O) groups is 2. The summed E-state index contributed by atoms with van der Waals surface area (Å²) in [5.74, 6) is -0.825. The van der Waals surface area contributed by atoms with Gasteiger partial charge in [-0.3, -0.25) is 4.79 Å². The summed E-state index contributed by atoms with van der Waals surface area (Å²) in [6.07, 6.45) is 0.627. The first-order chi connectivity index (χ1) is 11.9. The van der Waals surface area contributed by atoms with Gasteiger partial charge in [0.1, 0.15) is 23.2 Å². The Balaban J connectivity index is 1.73. The first-order valence-electron chi connectivity index (χ1n) is 7.96. The first kappa shape index (κ1) is 17.9. The summed E-state index contributed by atoms with van der Waals surface area (Å²) in [5.41, 5.74) is 6.27. The third-order valence-electron chi connectivity index (χ3n) is 4.30. The molecule has 1 aromatic carbocycles. The Morgan fingerprint density at radius 1 is 1.48 bits per heavy atom. The fourth-order valence-corrected chi connectivity index (χ4v) is 3.05. The first-order valence-corrected chi connectivity index (χ1v) is 8.59. The number of benzene rings is 1. The molecule has 4 N–H and O–H groups in total. The molecular formula is C15H19BN2O6S. The van der Waals surface area contributed by atoms with Gasteiger partial charge in [0.15, 0.2) is 0 Å². The minimum absolute atomic E-state index is 0.104. The molecule has 0 spiro atoms. The van der Waals surface area contributed by atoms with Crippen molar-refractivity contribution in [2.45, 2.75) is 24.9 Å². The van der Waals surface area contributed by atoms with Crippen LogP contribution in [0.4, 0.5) is 0 Å². The monoisotopic (exact) mass is 366 g/mol. The predicted molar refractivity (Wildman–Crippen MR) is 93.3 cm³/mol. The number of thiol groups is 1. The van der Waals surface area contributed by atoms with Crippen molar-refractivity contribution >= 4 is 31.6 Å². The van der Waals surface area contributed by atoms with Gasteiger partial charge in [0.2, 0.25) is 5.91 Å². The van der Waals surface area contributed by atoms with E-state index in [4.69, 9.17) is 15.1 Å². The third kappa shape index (κ3) is 3.56. The number of aromatic carboxylic acids is 1. The topological polar surface area (TPSA) is 122 Å². The second-order valence-electron chi connectivity index (χ2n) is 6.12. The lowest BCUT2D eigenvalue weighted by atomic mass is 9.78. The van der Waals surface area contributed by atoms with E-state index in [9.17, 15) is 19.7 Å². The second-order valence-corrected chi connectivity index (χ2v) is 6.48. The Kier molecular flexibility index (Phi) is 5.12. The molecule has 0 saturated carbocycles. The summed E-state index contributed by atoms with van der Waals surface area (Å²) in [7, 11) is -1.03. The van der Waals surface area contributed by atoms with Gasteiger partial charge >= 0.3 is 13.1 Å². The van der Waals surface area contributed by atoms with E-state index in [1.165, 1.54) is 0 Å². The summed E-state index contributed by atoms with van der Waals surface area (Å²) >= 11 is 4.00. The smallest absolute Gasteiger partial charge is 0.522 e. The molecule has 2 aliphatic rings. The molecule has 0 bridgehead atoms. The van der Waals surface area contributed by atoms with Gasteiger partial charge in [-0.2, -0.15) is 12.6 Å². The summed E-state index contributed by atoms with van der Waals surface area (Å²) in [6.45, 7) is 0.667. The zero-order valence-corrected chi connectivity index (χ0v) is 14.3. The highest BCUT2D eigenvalue weighted by molar-refractivity contribution is 7.80. The van der Waals surface area contributed by atoms with E-state index in [0.717, 1.165) is 5.56 Å². The Hall–Kier alpha value is -1.91. The zero-order chi connectivity index (χ0) is 18.1. The van der Waals surface area contributed by atoms with Crippen molar-refractivity contribution in [3.63, 3.8) is 0 Å². The average molecular weight is 366 g/mol. The van der Waals surface area contributed by atoms with E-state index in [1.807, 2.05) is 0 Å². The van der Waals surface area contributed by atoms with E-state index in [1.54, 1.807) is 17.0 Å². The molecule has 1 aromatic rings. The highest BCUT2D eigenvalue weighted by atomic mass is 32.1. The molecule has 1 amide bonds. The number of likely N-dealkylation sites (tertiary alicyclic amines) is 1. The van der Waals surface area contributed by atoms with Crippen LogP contribution in [0, 0.1) is 0 Å². The molecule has 134 valence electrons. The Bertz CT molecular complexity index is 697. The van der Waals surface area contributed by atoms with Crippen LogP contribution in [0.5, 0.6) is 11.5 Å². The number of nitrogens with zero attached hydrogens (tertiary/aromatic N) is 1. The molecule has 0 radical (unpaired) electrons. The molecule has 2 aliphatic heterocycles. The van der Waals surface area contributed by atoms with Gasteiger partial charge in [-0.15, -0.1) is 0 Å². The number of ether oxygens (including phenoxy) is 1. The second kappa shape index (κ2) is 7.15. The number of aryl methyl sites for hydroxylation is 1. The van der Waals surface area contributed by atoms with Crippen LogP contribution in [0.2, 0.25) is 6.32 Å². The molecule has 10 heteroatoms. The van der Waals surface area contributed by atoms with E-state index < -0.39 is 19.1 Å². The summed E-state index contributed by atoms with van der Waals surface area (Å²) in [4.78, 5) is 25.1. The number of carbonyl (C=O) groups excluding carboxylic acids is 1. The van der Waals surface area contributed by atoms with Gasteiger partial charge < -0.3 is 30.2 Å². The fraction of sp³-hybridized carbons (Fsp3) is 0.467. The minimum atomic E-state index is -1.19. The van der Waals surface area contributed by atoms with Crippen molar-refractivity contribution in [1.82, 2.24) is 4.90 Å². The van der Waals surface area contributed by atoms with E-state index in [2.05, 4.69) is 12.6 Å². The standard InChI is InChI=1S/C15H19BN2O6S/c17-10(7-25)14(19)18-5-9(6-18)23-11-2-1-8-3-4-16(22)24-13(8)12(11)15(20)21/h1-2,9-10,22,25H,3-7,17H2,(H,20,21)/t10-/m1/s1. The van der Waals surface area contributed by atoms with Crippen LogP contribution < -0.4 is 15.1 Å². The number of fused-ring (bicyclic) bond motifs is 1. The maximum absolute atomic E-state index is 11.9. The summed E-state index contributed by atoms with van der Waals surface area (Å²) < 4.78 is 11.1. The predicted octanol–water partition coefficient (Wildman–Crippen LogP) is -0.353. The maximum atomic E-state index is 11.9. The Morgan fingerprint density at radius 2 is 2.20 bits per heavy atom. The molecule has 3 rings (SSSR count). The lowest BCUT2D eigenvalue weighted by Gasteiger charge is -2.40. The lowest BCUT2D eigenvalue weighted by Crippen LogP contribution is -2.60. The Morgan fingerprint density at radius 3 is 2.84 bits per heavy atom. The van der Waals surface area contributed by atoms with Gasteiger partial charge in [-0.05, 0) is 24.4 Å². The van der Waals surface area contributed by atoms with Crippen molar-refractivity contribution in [3.05, 3.63) is 23.3 Å². The van der Waals surface area contributed by atoms with E-state index in [-0.39, 0.29) is 34.8 Å². The normalized spacial score (nSPS) is 18.0. The Labute approximate surface area is 150 Å². The number of hydrogen-bond donors (Lipinski definition) is 4. The molecule has 0 aliphatic carbocycles. The third-order valence-corrected chi connectivity index (χ3v) is 4.69. The SMILES string of the molecule is N[C@H](CS)C(=O)N1CC(Oc2ccc3c(c2C(=O)O)OB(O)CC3)C1. The number of carboxylic acids is 1. The molecule has 0 aromatic heterocycles. The van der Waals surface area contributed by atoms with Crippen LogP contribution in [0.25, 0.3) is 0 Å². The fourth-order valence-electron chi connectivity index (χ4n) is 2.90. The van der Waals surface area contributed by atoms with Crippen molar-refractivity contribution in [2.75, 3.05) is 18.8 Å². The van der Waals surface area contributed by atoms with E-state index in [0.29, 0.717) is 25.8 Å². The van der Waals surface area contributed by atoms with Crippen molar-refractivity contribution in [2.24, 2.45) is 5.73 Å². The zero-order valence-electron chi connectivity index (χ0n) is 13.4. The quantitative estimate of drug-likeness (QED) is 0.415. The summed E-state index contributed by atoms with van der Waals surface area (Å²) in [5, 5.41) is 19.2. The highest BCUT2D eigenvalue weighted by Crippen LogP contribution is 2.37. The number of nitrogens with two attached hydrogens (primary N) is 1. The van der Waals surface area contributed by atoms with E-state index >= 15 is 0 Å². The van der Waals surface area contributed by atoms with Crippen LogP contribution >= 0.6 is 12.6 Å². The summed E-state index contributed by atoms with van der Waals surface area (Å²) in [6, 6.07) is 2.67. The molecule has 25 heavy (non-hydrogen) atoms. The number of amides is 1. The van der Waals surface area contributed by atoms with Gasteiger partial charge in [-0.25, -0.2) is 4.79 Å². The minimum Gasteiger partial charge on any atom is -0.535 e. The molecule has 1 saturated heterocycles. The van der Waals surface area contributed by atoms with Gasteiger partial charge in [0.25, 0.3) is 0 Å².